The second-order valence-corrected chi connectivity index (χ2v) is 14.6. The van der Waals surface area contributed by atoms with Gasteiger partial charge in [-0.3, -0.25) is 9.59 Å². The van der Waals surface area contributed by atoms with Crippen LogP contribution in [0.2, 0.25) is 18.1 Å². The van der Waals surface area contributed by atoms with E-state index in [0.717, 1.165) is 12.8 Å². The fourth-order valence-electron chi connectivity index (χ4n) is 4.78. The highest BCUT2D eigenvalue weighted by atomic mass is 28.4. The molecule has 1 heterocycles. The van der Waals surface area contributed by atoms with Gasteiger partial charge in [0.2, 0.25) is 0 Å². The lowest BCUT2D eigenvalue weighted by Gasteiger charge is -2.48. The van der Waals surface area contributed by atoms with Gasteiger partial charge in [0, 0.05) is 11.8 Å². The molecule has 5 heteroatoms. The molecule has 2 aliphatic carbocycles. The molecular formula is C18H30O4Si. The zero-order valence-electron chi connectivity index (χ0n) is 15.5. The molecule has 0 N–H and O–H groups in total. The molecule has 0 spiro atoms. The van der Waals surface area contributed by atoms with Crippen molar-refractivity contribution in [2.24, 2.45) is 23.2 Å². The maximum Gasteiger partial charge on any atom is 0.317 e. The first kappa shape index (κ1) is 17.2. The minimum Gasteiger partial charge on any atom is -0.456 e. The normalized spacial score (nSPS) is 38.8. The molecule has 0 aromatic rings. The molecule has 2 bridgehead atoms. The van der Waals surface area contributed by atoms with Crippen molar-refractivity contribution in [3.63, 3.8) is 0 Å². The zero-order valence-corrected chi connectivity index (χ0v) is 16.5. The summed E-state index contributed by atoms with van der Waals surface area (Å²) in [6, 6.07) is 0. The summed E-state index contributed by atoms with van der Waals surface area (Å²) < 4.78 is 12.3. The van der Waals surface area contributed by atoms with Gasteiger partial charge in [-0.15, -0.1) is 0 Å². The molecule has 0 aromatic carbocycles. The number of ether oxygens (including phenoxy) is 1. The molecule has 1 saturated heterocycles. The number of esters is 1. The van der Waals surface area contributed by atoms with E-state index >= 15 is 0 Å². The molecule has 3 aliphatic rings. The molecule has 130 valence electrons. The van der Waals surface area contributed by atoms with Gasteiger partial charge in [-0.05, 0) is 36.4 Å². The first-order valence-electron chi connectivity index (χ1n) is 8.74. The van der Waals surface area contributed by atoms with Crippen LogP contribution in [-0.4, -0.2) is 32.3 Å². The van der Waals surface area contributed by atoms with E-state index in [4.69, 9.17) is 9.16 Å². The van der Waals surface area contributed by atoms with Crippen molar-refractivity contribution >= 4 is 20.1 Å². The number of Topliss-reactive ketones (excluding diaryl/α,β-unsaturated/α-hetero) is 1. The van der Waals surface area contributed by atoms with E-state index in [9.17, 15) is 9.59 Å². The van der Waals surface area contributed by atoms with Crippen LogP contribution in [0.4, 0.5) is 0 Å². The molecule has 0 amide bonds. The second kappa shape index (κ2) is 4.69. The lowest BCUT2D eigenvalue weighted by atomic mass is 9.61. The Balaban J connectivity index is 1.90. The molecule has 3 fully saturated rings. The van der Waals surface area contributed by atoms with Crippen LogP contribution in [0.1, 0.15) is 47.5 Å². The SMILES string of the molecule is CC1(C)[C@H]2[C@@H]3C(=O)O[C@@]2(CO[Si](C)(C)C(C)(C)C)CC[C@H]1C3=O. The van der Waals surface area contributed by atoms with Gasteiger partial charge in [0.25, 0.3) is 0 Å². The molecule has 0 unspecified atom stereocenters. The number of hydrogen-bond donors (Lipinski definition) is 0. The van der Waals surface area contributed by atoms with Crippen LogP contribution < -0.4 is 0 Å². The summed E-state index contributed by atoms with van der Waals surface area (Å²) in [4.78, 5) is 25.0. The summed E-state index contributed by atoms with van der Waals surface area (Å²) in [5.41, 5.74) is -0.771. The number of carbonyl (C=O) groups is 2. The van der Waals surface area contributed by atoms with Crippen LogP contribution >= 0.6 is 0 Å². The largest absolute Gasteiger partial charge is 0.456 e. The lowest BCUT2D eigenvalue weighted by Crippen LogP contribution is -2.54. The lowest BCUT2D eigenvalue weighted by molar-refractivity contribution is -0.166. The summed E-state index contributed by atoms with van der Waals surface area (Å²) in [5, 5.41) is 0.115. The van der Waals surface area contributed by atoms with Crippen molar-refractivity contribution in [1.29, 1.82) is 0 Å². The van der Waals surface area contributed by atoms with Gasteiger partial charge in [0.15, 0.2) is 14.1 Å². The Morgan fingerprint density at radius 2 is 1.87 bits per heavy atom. The summed E-state index contributed by atoms with van der Waals surface area (Å²) >= 11 is 0. The molecular weight excluding hydrogens is 308 g/mol. The van der Waals surface area contributed by atoms with Gasteiger partial charge >= 0.3 is 5.97 Å². The average Bonchev–Trinajstić information content (AvgIpc) is 2.73. The van der Waals surface area contributed by atoms with E-state index in [-0.39, 0.29) is 34.0 Å². The van der Waals surface area contributed by atoms with E-state index in [1.807, 2.05) is 0 Å². The Bertz CT molecular complexity index is 560. The fraction of sp³-hybridized carbons (Fsp3) is 0.889. The molecule has 3 rings (SSSR count). The van der Waals surface area contributed by atoms with Crippen molar-refractivity contribution in [3.8, 4) is 0 Å². The molecule has 0 aromatic heterocycles. The predicted molar refractivity (Wildman–Crippen MR) is 90.5 cm³/mol. The van der Waals surface area contributed by atoms with Crippen LogP contribution in [0.15, 0.2) is 0 Å². The van der Waals surface area contributed by atoms with Gasteiger partial charge in [0.1, 0.15) is 11.5 Å². The van der Waals surface area contributed by atoms with Crippen molar-refractivity contribution in [1.82, 2.24) is 0 Å². The molecule has 0 radical (unpaired) electrons. The molecule has 1 aliphatic heterocycles. The van der Waals surface area contributed by atoms with Crippen LogP contribution in [0, 0.1) is 23.2 Å². The van der Waals surface area contributed by atoms with Crippen LogP contribution in [0.3, 0.4) is 0 Å². The topological polar surface area (TPSA) is 52.6 Å². The quantitative estimate of drug-likeness (QED) is 0.448. The Labute approximate surface area is 140 Å². The summed E-state index contributed by atoms with van der Waals surface area (Å²) in [7, 11) is -1.92. The van der Waals surface area contributed by atoms with Crippen molar-refractivity contribution in [2.75, 3.05) is 6.61 Å². The maximum atomic E-state index is 12.6. The number of rotatable bonds is 3. The Hall–Kier alpha value is -0.683. The van der Waals surface area contributed by atoms with Crippen LogP contribution in [-0.2, 0) is 18.8 Å². The van der Waals surface area contributed by atoms with Gasteiger partial charge in [0.05, 0.1) is 6.61 Å². The third kappa shape index (κ3) is 2.19. The van der Waals surface area contributed by atoms with Crippen molar-refractivity contribution in [2.45, 2.75) is 71.2 Å². The van der Waals surface area contributed by atoms with Gasteiger partial charge in [-0.2, -0.15) is 0 Å². The van der Waals surface area contributed by atoms with Crippen LogP contribution in [0.25, 0.3) is 0 Å². The Kier molecular flexibility index (Phi) is 3.50. The van der Waals surface area contributed by atoms with Gasteiger partial charge < -0.3 is 9.16 Å². The van der Waals surface area contributed by atoms with Gasteiger partial charge in [-0.25, -0.2) is 0 Å². The smallest absolute Gasteiger partial charge is 0.317 e. The van der Waals surface area contributed by atoms with E-state index in [2.05, 4.69) is 47.7 Å². The summed E-state index contributed by atoms with van der Waals surface area (Å²) in [6.07, 6.45) is 1.57. The minimum atomic E-state index is -1.92. The van der Waals surface area contributed by atoms with E-state index in [1.54, 1.807) is 0 Å². The second-order valence-electron chi connectivity index (χ2n) is 9.81. The van der Waals surface area contributed by atoms with Crippen LogP contribution in [0.5, 0.6) is 0 Å². The summed E-state index contributed by atoms with van der Waals surface area (Å²) in [5.74, 6) is -0.781. The highest BCUT2D eigenvalue weighted by molar-refractivity contribution is 6.74. The van der Waals surface area contributed by atoms with Gasteiger partial charge in [-0.1, -0.05) is 34.6 Å². The third-order valence-corrected chi connectivity index (χ3v) is 11.6. The zero-order chi connectivity index (χ0) is 17.4. The minimum absolute atomic E-state index is 0.00588. The third-order valence-electron chi connectivity index (χ3n) is 7.15. The Morgan fingerprint density at radius 1 is 1.26 bits per heavy atom. The highest BCUT2D eigenvalue weighted by Crippen LogP contribution is 2.64. The maximum absolute atomic E-state index is 12.6. The van der Waals surface area contributed by atoms with E-state index in [0.29, 0.717) is 6.61 Å². The molecule has 4 nitrogen and oxygen atoms in total. The number of fused-ring (bicyclic) bond motifs is 1. The molecule has 23 heavy (non-hydrogen) atoms. The van der Waals surface area contributed by atoms with E-state index in [1.165, 1.54) is 0 Å². The number of carbonyl (C=O) groups excluding carboxylic acids is 2. The first-order valence-corrected chi connectivity index (χ1v) is 11.6. The predicted octanol–water partition coefficient (Wildman–Crippen LogP) is 3.56. The molecule has 2 saturated carbocycles. The Morgan fingerprint density at radius 3 is 2.43 bits per heavy atom. The monoisotopic (exact) mass is 338 g/mol. The molecule has 4 atom stereocenters. The number of hydrogen-bond acceptors (Lipinski definition) is 4. The van der Waals surface area contributed by atoms with Crippen molar-refractivity contribution in [3.05, 3.63) is 0 Å². The average molecular weight is 339 g/mol. The highest BCUT2D eigenvalue weighted by Gasteiger charge is 2.73. The van der Waals surface area contributed by atoms with Crippen molar-refractivity contribution < 1.29 is 18.8 Å². The number of ketones is 1. The summed E-state index contributed by atoms with van der Waals surface area (Å²) in [6.45, 7) is 15.8. The van der Waals surface area contributed by atoms with E-state index < -0.39 is 19.8 Å². The fourth-order valence-corrected chi connectivity index (χ4v) is 5.81. The first-order chi connectivity index (χ1) is 10.3. The standard InChI is InChI=1S/C18H30O4Si/c1-16(2,3)23(6,7)21-10-18-9-8-11-13(19)12(15(20)22-18)14(18)17(11,4)5/h11-12,14H,8-10H2,1-7H3/t11-,12+,14+,18+/m0/s1.